The predicted octanol–water partition coefficient (Wildman–Crippen LogP) is 0.530. The zero-order chi connectivity index (χ0) is 26.5. The molecule has 196 valence electrons. The molecule has 1 aromatic rings. The van der Waals surface area contributed by atoms with E-state index in [4.69, 9.17) is 5.73 Å². The van der Waals surface area contributed by atoms with Gasteiger partial charge in [0.05, 0.1) is 6.04 Å². The van der Waals surface area contributed by atoms with Crippen LogP contribution in [0.15, 0.2) is 24.3 Å². The summed E-state index contributed by atoms with van der Waals surface area (Å²) in [5.74, 6) is -2.59. The molecule has 0 saturated carbocycles. The highest BCUT2D eigenvalue weighted by Crippen LogP contribution is 2.13. The molecule has 0 aliphatic carbocycles. The summed E-state index contributed by atoms with van der Waals surface area (Å²) >= 11 is 5.70. The summed E-state index contributed by atoms with van der Waals surface area (Å²) in [5, 5.41) is 26.7. The van der Waals surface area contributed by atoms with Crippen molar-refractivity contribution in [3.63, 3.8) is 0 Å². The van der Waals surface area contributed by atoms with Crippen molar-refractivity contribution in [2.24, 2.45) is 11.7 Å². The Hall–Kier alpha value is -2.44. The molecule has 0 aliphatic heterocycles. The molecular formula is C23H36N4O6S2. The summed E-state index contributed by atoms with van der Waals surface area (Å²) in [6.45, 7) is 3.59. The van der Waals surface area contributed by atoms with Crippen LogP contribution in [0.5, 0.6) is 5.75 Å². The number of aromatic hydroxyl groups is 1. The second-order valence-corrected chi connectivity index (χ2v) is 9.62. The topological polar surface area (TPSA) is 171 Å². The van der Waals surface area contributed by atoms with Gasteiger partial charge in [-0.2, -0.15) is 24.4 Å². The fourth-order valence-corrected chi connectivity index (χ4v) is 3.88. The molecule has 0 heterocycles. The van der Waals surface area contributed by atoms with E-state index in [-0.39, 0.29) is 23.8 Å². The fraction of sp³-hybridized carbons (Fsp3) is 0.565. The third-order valence-corrected chi connectivity index (χ3v) is 6.58. The highest BCUT2D eigenvalue weighted by Gasteiger charge is 2.32. The van der Waals surface area contributed by atoms with Crippen LogP contribution in [-0.4, -0.2) is 75.8 Å². The monoisotopic (exact) mass is 528 g/mol. The third kappa shape index (κ3) is 10.4. The van der Waals surface area contributed by atoms with Gasteiger partial charge in [-0.15, -0.1) is 0 Å². The summed E-state index contributed by atoms with van der Waals surface area (Å²) in [4.78, 5) is 50.0. The molecule has 5 atom stereocenters. The molecule has 10 nitrogen and oxygen atoms in total. The fourth-order valence-electron chi connectivity index (χ4n) is 3.13. The van der Waals surface area contributed by atoms with E-state index in [0.29, 0.717) is 24.2 Å². The molecule has 0 aromatic heterocycles. The Morgan fingerprint density at radius 3 is 2.14 bits per heavy atom. The SMILES string of the molecule is CCC(C)C(NC(=O)C(CS)NC(=O)C(N)CCSC)C(=O)NC(Cc1ccc(O)cc1)C(=O)O. The van der Waals surface area contributed by atoms with Crippen LogP contribution < -0.4 is 21.7 Å². The quantitative estimate of drug-likeness (QED) is 0.162. The molecule has 12 heteroatoms. The van der Waals surface area contributed by atoms with Gasteiger partial charge in [-0.3, -0.25) is 14.4 Å². The third-order valence-electron chi connectivity index (χ3n) is 5.57. The molecule has 0 spiro atoms. The summed E-state index contributed by atoms with van der Waals surface area (Å²) in [6.07, 6.45) is 2.87. The van der Waals surface area contributed by atoms with Gasteiger partial charge in [0.15, 0.2) is 0 Å². The predicted molar refractivity (Wildman–Crippen MR) is 140 cm³/mol. The molecule has 0 radical (unpaired) electrons. The largest absolute Gasteiger partial charge is 0.508 e. The first-order valence-electron chi connectivity index (χ1n) is 11.3. The lowest BCUT2D eigenvalue weighted by molar-refractivity contribution is -0.142. The van der Waals surface area contributed by atoms with Crippen LogP contribution in [0.3, 0.4) is 0 Å². The van der Waals surface area contributed by atoms with E-state index >= 15 is 0 Å². The van der Waals surface area contributed by atoms with Crippen molar-refractivity contribution in [3.8, 4) is 5.75 Å². The van der Waals surface area contributed by atoms with E-state index < -0.39 is 47.9 Å². The van der Waals surface area contributed by atoms with Gasteiger partial charge >= 0.3 is 5.97 Å². The van der Waals surface area contributed by atoms with Crippen molar-refractivity contribution < 1.29 is 29.4 Å². The zero-order valence-electron chi connectivity index (χ0n) is 20.2. The minimum Gasteiger partial charge on any atom is -0.508 e. The number of carboxylic acids is 1. The van der Waals surface area contributed by atoms with Crippen molar-refractivity contribution >= 4 is 48.1 Å². The number of thioether (sulfide) groups is 1. The normalized spacial score (nSPS) is 15.2. The molecule has 7 N–H and O–H groups in total. The summed E-state index contributed by atoms with van der Waals surface area (Å²) in [7, 11) is 0. The Balaban J connectivity index is 2.91. The number of carbonyl (C=O) groups is 4. The van der Waals surface area contributed by atoms with Gasteiger partial charge in [-0.25, -0.2) is 4.79 Å². The van der Waals surface area contributed by atoms with Crippen LogP contribution in [0.25, 0.3) is 0 Å². The molecule has 1 rings (SSSR count). The molecule has 0 fully saturated rings. The molecular weight excluding hydrogens is 492 g/mol. The van der Waals surface area contributed by atoms with Crippen LogP contribution in [-0.2, 0) is 25.6 Å². The van der Waals surface area contributed by atoms with Gasteiger partial charge in [0, 0.05) is 12.2 Å². The first-order valence-corrected chi connectivity index (χ1v) is 13.3. The number of rotatable bonds is 15. The summed E-state index contributed by atoms with van der Waals surface area (Å²) in [5.41, 5.74) is 6.47. The lowest BCUT2D eigenvalue weighted by Crippen LogP contribution is -2.59. The second-order valence-electron chi connectivity index (χ2n) is 8.27. The van der Waals surface area contributed by atoms with Crippen LogP contribution in [0.4, 0.5) is 0 Å². The first kappa shape index (κ1) is 30.6. The average molecular weight is 529 g/mol. The average Bonchev–Trinajstić information content (AvgIpc) is 2.83. The first-order chi connectivity index (χ1) is 16.5. The van der Waals surface area contributed by atoms with Gasteiger partial charge in [0.1, 0.15) is 23.9 Å². The van der Waals surface area contributed by atoms with E-state index in [0.717, 1.165) is 0 Å². The smallest absolute Gasteiger partial charge is 0.326 e. The number of hydrogen-bond acceptors (Lipinski definition) is 8. The maximum absolute atomic E-state index is 13.0. The van der Waals surface area contributed by atoms with E-state index in [9.17, 15) is 29.4 Å². The second kappa shape index (κ2) is 15.5. The molecule has 0 aliphatic rings. The maximum atomic E-state index is 13.0. The summed E-state index contributed by atoms with van der Waals surface area (Å²) < 4.78 is 0. The standard InChI is InChI=1S/C23H36N4O6S2/c1-4-13(2)19(27-21(30)18(12-34)26-20(29)16(24)9-10-35-3)22(31)25-17(23(32)33)11-14-5-7-15(28)8-6-14/h5-8,13,16-19,28,34H,4,9-12,24H2,1-3H3,(H,25,31)(H,26,29)(H,27,30)(H,32,33). The molecule has 0 bridgehead atoms. The number of phenolic OH excluding ortho intramolecular Hbond substituents is 1. The van der Waals surface area contributed by atoms with Crippen molar-refractivity contribution in [3.05, 3.63) is 29.8 Å². The van der Waals surface area contributed by atoms with Crippen LogP contribution in [0.1, 0.15) is 32.3 Å². The highest BCUT2D eigenvalue weighted by molar-refractivity contribution is 7.98. The minimum absolute atomic E-state index is 0.00815. The number of carbonyl (C=O) groups excluding carboxylic acids is 3. The van der Waals surface area contributed by atoms with Crippen molar-refractivity contribution in [2.45, 2.75) is 57.3 Å². The van der Waals surface area contributed by atoms with Gasteiger partial charge in [-0.1, -0.05) is 32.4 Å². The van der Waals surface area contributed by atoms with Crippen molar-refractivity contribution in [2.75, 3.05) is 17.8 Å². The van der Waals surface area contributed by atoms with Crippen molar-refractivity contribution in [1.29, 1.82) is 0 Å². The van der Waals surface area contributed by atoms with Gasteiger partial charge in [0.2, 0.25) is 17.7 Å². The lowest BCUT2D eigenvalue weighted by atomic mass is 9.97. The Morgan fingerprint density at radius 1 is 1.03 bits per heavy atom. The van der Waals surface area contributed by atoms with Gasteiger partial charge in [0.25, 0.3) is 0 Å². The molecule has 5 unspecified atom stereocenters. The number of thiol groups is 1. The Labute approximate surface area is 215 Å². The number of phenols is 1. The molecule has 3 amide bonds. The van der Waals surface area contributed by atoms with E-state index in [1.54, 1.807) is 30.8 Å². The van der Waals surface area contributed by atoms with Crippen LogP contribution >= 0.6 is 24.4 Å². The minimum atomic E-state index is -1.25. The van der Waals surface area contributed by atoms with Crippen LogP contribution in [0, 0.1) is 5.92 Å². The lowest BCUT2D eigenvalue weighted by Gasteiger charge is -2.27. The number of aliphatic carboxylic acids is 1. The number of nitrogens with one attached hydrogen (secondary N) is 3. The number of nitrogens with two attached hydrogens (primary N) is 1. The Bertz CT molecular complexity index is 855. The van der Waals surface area contributed by atoms with E-state index in [1.165, 1.54) is 12.1 Å². The van der Waals surface area contributed by atoms with E-state index in [2.05, 4.69) is 28.6 Å². The maximum Gasteiger partial charge on any atom is 0.326 e. The Kier molecular flexibility index (Phi) is 13.6. The molecule has 0 saturated heterocycles. The highest BCUT2D eigenvalue weighted by atomic mass is 32.2. The van der Waals surface area contributed by atoms with Gasteiger partial charge in [-0.05, 0) is 42.0 Å². The Morgan fingerprint density at radius 2 is 1.63 bits per heavy atom. The van der Waals surface area contributed by atoms with Crippen molar-refractivity contribution in [1.82, 2.24) is 16.0 Å². The molecule has 1 aromatic carbocycles. The zero-order valence-corrected chi connectivity index (χ0v) is 21.9. The van der Waals surface area contributed by atoms with Gasteiger partial charge < -0.3 is 31.9 Å². The number of hydrogen-bond donors (Lipinski definition) is 7. The molecule has 35 heavy (non-hydrogen) atoms. The number of benzene rings is 1. The van der Waals surface area contributed by atoms with Crippen LogP contribution in [0.2, 0.25) is 0 Å². The summed E-state index contributed by atoms with van der Waals surface area (Å²) in [6, 6.07) is 1.92. The number of amides is 3. The number of carboxylic acid groups (broad SMARTS) is 1. The van der Waals surface area contributed by atoms with E-state index in [1.807, 2.05) is 13.2 Å².